The fourth-order valence-electron chi connectivity index (χ4n) is 3.04. The fourth-order valence-corrected chi connectivity index (χ4v) is 4.11. The van der Waals surface area contributed by atoms with E-state index in [-0.39, 0.29) is 17.4 Å². The number of hydrogen-bond donors (Lipinski definition) is 2. The lowest BCUT2D eigenvalue weighted by Crippen LogP contribution is -2.42. The second-order valence-electron chi connectivity index (χ2n) is 7.57. The van der Waals surface area contributed by atoms with Gasteiger partial charge in [0.1, 0.15) is 11.4 Å². The van der Waals surface area contributed by atoms with Crippen molar-refractivity contribution in [2.75, 3.05) is 13.2 Å². The van der Waals surface area contributed by atoms with Crippen LogP contribution in [0.2, 0.25) is 0 Å². The van der Waals surface area contributed by atoms with Crippen molar-refractivity contribution < 1.29 is 18.3 Å². The number of ether oxygens (including phenoxy) is 1. The molecule has 0 heterocycles. The van der Waals surface area contributed by atoms with Crippen LogP contribution in [0.3, 0.4) is 0 Å². The normalized spacial score (nSPS) is 16.9. The topological polar surface area (TPSA) is 75.6 Å². The zero-order valence-electron chi connectivity index (χ0n) is 15.8. The molecular weight excluding hydrogens is 362 g/mol. The molecule has 0 saturated heterocycles. The Kier molecular flexibility index (Phi) is 5.89. The molecule has 146 valence electrons. The van der Waals surface area contributed by atoms with Crippen LogP contribution in [0, 0.1) is 11.8 Å². The van der Waals surface area contributed by atoms with Crippen molar-refractivity contribution in [3.8, 4) is 5.75 Å². The number of sulfonamides is 1. The van der Waals surface area contributed by atoms with Gasteiger partial charge in [-0.3, -0.25) is 0 Å². The first-order valence-electron chi connectivity index (χ1n) is 9.32. The summed E-state index contributed by atoms with van der Waals surface area (Å²) in [5.41, 5.74) is -0.443. The zero-order valence-corrected chi connectivity index (χ0v) is 16.6. The van der Waals surface area contributed by atoms with Crippen LogP contribution in [0.25, 0.3) is 0 Å². The molecule has 1 unspecified atom stereocenters. The summed E-state index contributed by atoms with van der Waals surface area (Å²) in [6.07, 6.45) is 1.80. The Bertz CT molecular complexity index is 846. The summed E-state index contributed by atoms with van der Waals surface area (Å²) in [6, 6.07) is 15.6. The van der Waals surface area contributed by atoms with Crippen LogP contribution in [0.1, 0.15) is 32.3 Å². The highest BCUT2D eigenvalue weighted by Crippen LogP contribution is 2.45. The van der Waals surface area contributed by atoms with E-state index in [2.05, 4.69) is 18.6 Å². The van der Waals surface area contributed by atoms with Crippen molar-refractivity contribution >= 4 is 10.0 Å². The summed E-state index contributed by atoms with van der Waals surface area (Å²) in [5.74, 6) is 1.11. The summed E-state index contributed by atoms with van der Waals surface area (Å²) >= 11 is 0. The molecular formula is C21H27NO4S. The average Bonchev–Trinajstić information content (AvgIpc) is 3.51. The van der Waals surface area contributed by atoms with Gasteiger partial charge in [0.15, 0.2) is 0 Å². The van der Waals surface area contributed by atoms with Gasteiger partial charge >= 0.3 is 0 Å². The number of aliphatic hydroxyl groups is 1. The van der Waals surface area contributed by atoms with Crippen molar-refractivity contribution in [3.05, 3.63) is 60.2 Å². The molecule has 1 saturated carbocycles. The molecule has 1 atom stereocenters. The first-order valence-corrected chi connectivity index (χ1v) is 10.8. The standard InChI is InChI=1S/C21H27NO4S/c1-16(2)14-26-19-10-12-20(13-11-19)27(24,25)22-15-21(23,18-8-9-18)17-6-4-3-5-7-17/h3-7,10-13,16,18,22-23H,8-9,14-15H2,1-2H3. The van der Waals surface area contributed by atoms with Gasteiger partial charge in [-0.15, -0.1) is 0 Å². The Morgan fingerprint density at radius 3 is 2.30 bits per heavy atom. The fraction of sp³-hybridized carbons (Fsp3) is 0.429. The monoisotopic (exact) mass is 389 g/mol. The lowest BCUT2D eigenvalue weighted by Gasteiger charge is -2.29. The molecule has 0 aromatic heterocycles. The third kappa shape index (κ3) is 4.89. The summed E-state index contributed by atoms with van der Waals surface area (Å²) in [4.78, 5) is 0.158. The highest BCUT2D eigenvalue weighted by Gasteiger charge is 2.45. The molecule has 6 heteroatoms. The predicted molar refractivity (Wildman–Crippen MR) is 105 cm³/mol. The van der Waals surface area contributed by atoms with Crippen molar-refractivity contribution in [2.24, 2.45) is 11.8 Å². The van der Waals surface area contributed by atoms with Gasteiger partial charge < -0.3 is 9.84 Å². The number of hydrogen-bond acceptors (Lipinski definition) is 4. The van der Waals surface area contributed by atoms with Crippen LogP contribution in [0.15, 0.2) is 59.5 Å². The Labute approximate surface area is 161 Å². The van der Waals surface area contributed by atoms with Crippen molar-refractivity contribution in [2.45, 2.75) is 37.2 Å². The van der Waals surface area contributed by atoms with Gasteiger partial charge in [-0.25, -0.2) is 13.1 Å². The Morgan fingerprint density at radius 1 is 1.11 bits per heavy atom. The Morgan fingerprint density at radius 2 is 1.74 bits per heavy atom. The van der Waals surface area contributed by atoms with E-state index in [9.17, 15) is 13.5 Å². The quantitative estimate of drug-likeness (QED) is 0.690. The molecule has 0 spiro atoms. The van der Waals surface area contributed by atoms with E-state index in [0.29, 0.717) is 18.3 Å². The average molecular weight is 390 g/mol. The SMILES string of the molecule is CC(C)COc1ccc(S(=O)(=O)NCC(O)(c2ccccc2)C2CC2)cc1. The van der Waals surface area contributed by atoms with E-state index in [0.717, 1.165) is 18.4 Å². The minimum Gasteiger partial charge on any atom is -0.493 e. The Hall–Kier alpha value is -1.89. The smallest absolute Gasteiger partial charge is 0.240 e. The van der Waals surface area contributed by atoms with Crippen LogP contribution in [0.5, 0.6) is 5.75 Å². The molecule has 0 bridgehead atoms. The second kappa shape index (κ2) is 8.00. The predicted octanol–water partition coefficient (Wildman–Crippen LogP) is 3.30. The molecule has 0 amide bonds. The van der Waals surface area contributed by atoms with Crippen molar-refractivity contribution in [3.63, 3.8) is 0 Å². The molecule has 5 nitrogen and oxygen atoms in total. The van der Waals surface area contributed by atoms with Gasteiger partial charge in [-0.05, 0) is 54.5 Å². The minimum absolute atomic E-state index is 0.0460. The van der Waals surface area contributed by atoms with Gasteiger partial charge in [0.05, 0.1) is 11.5 Å². The zero-order chi connectivity index (χ0) is 19.5. The molecule has 1 aliphatic rings. The number of rotatable bonds is 9. The summed E-state index contributed by atoms with van der Waals surface area (Å²) in [6.45, 7) is 4.64. The molecule has 0 radical (unpaired) electrons. The number of benzene rings is 2. The van der Waals surface area contributed by atoms with Gasteiger partial charge in [0.2, 0.25) is 10.0 Å². The molecule has 0 aliphatic heterocycles. The lowest BCUT2D eigenvalue weighted by atomic mass is 9.89. The van der Waals surface area contributed by atoms with Crippen LogP contribution in [-0.4, -0.2) is 26.7 Å². The van der Waals surface area contributed by atoms with Crippen LogP contribution in [0.4, 0.5) is 0 Å². The molecule has 2 aromatic rings. The third-order valence-corrected chi connectivity index (χ3v) is 6.19. The molecule has 1 fully saturated rings. The molecule has 27 heavy (non-hydrogen) atoms. The summed E-state index contributed by atoms with van der Waals surface area (Å²) in [7, 11) is -3.72. The summed E-state index contributed by atoms with van der Waals surface area (Å²) < 4.78 is 33.5. The van der Waals surface area contributed by atoms with E-state index >= 15 is 0 Å². The second-order valence-corrected chi connectivity index (χ2v) is 9.33. The van der Waals surface area contributed by atoms with Crippen LogP contribution < -0.4 is 9.46 Å². The maximum Gasteiger partial charge on any atom is 0.240 e. The van der Waals surface area contributed by atoms with Gasteiger partial charge in [0.25, 0.3) is 0 Å². The van der Waals surface area contributed by atoms with Gasteiger partial charge in [0, 0.05) is 6.54 Å². The van der Waals surface area contributed by atoms with Gasteiger partial charge in [-0.1, -0.05) is 44.2 Å². The molecule has 1 aliphatic carbocycles. The maximum absolute atomic E-state index is 12.7. The van der Waals surface area contributed by atoms with E-state index in [1.165, 1.54) is 12.1 Å². The maximum atomic E-state index is 12.7. The first kappa shape index (κ1) is 19.9. The van der Waals surface area contributed by atoms with Crippen LogP contribution >= 0.6 is 0 Å². The van der Waals surface area contributed by atoms with E-state index in [1.807, 2.05) is 30.3 Å². The lowest BCUT2D eigenvalue weighted by molar-refractivity contribution is 0.0185. The Balaban J connectivity index is 1.70. The first-order chi connectivity index (χ1) is 12.8. The largest absolute Gasteiger partial charge is 0.493 e. The van der Waals surface area contributed by atoms with Crippen LogP contribution in [-0.2, 0) is 15.6 Å². The van der Waals surface area contributed by atoms with Crippen molar-refractivity contribution in [1.29, 1.82) is 0 Å². The van der Waals surface area contributed by atoms with Crippen molar-refractivity contribution in [1.82, 2.24) is 4.72 Å². The highest BCUT2D eigenvalue weighted by molar-refractivity contribution is 7.89. The molecule has 2 aromatic carbocycles. The van der Waals surface area contributed by atoms with E-state index < -0.39 is 15.6 Å². The van der Waals surface area contributed by atoms with E-state index in [1.54, 1.807) is 12.1 Å². The number of nitrogens with one attached hydrogen (secondary N) is 1. The molecule has 2 N–H and O–H groups in total. The van der Waals surface area contributed by atoms with E-state index in [4.69, 9.17) is 4.74 Å². The highest BCUT2D eigenvalue weighted by atomic mass is 32.2. The third-order valence-electron chi connectivity index (χ3n) is 4.78. The summed E-state index contributed by atoms with van der Waals surface area (Å²) in [5, 5.41) is 11.2. The minimum atomic E-state index is -3.72. The molecule has 3 rings (SSSR count). The van der Waals surface area contributed by atoms with Gasteiger partial charge in [-0.2, -0.15) is 0 Å².